The van der Waals surface area contributed by atoms with Crippen LogP contribution >= 0.6 is 0 Å². The Hall–Kier alpha value is -2.54. The van der Waals surface area contributed by atoms with E-state index < -0.39 is 0 Å². The van der Waals surface area contributed by atoms with Gasteiger partial charge in [0.05, 0.1) is 17.2 Å². The minimum atomic E-state index is -0.203. The van der Waals surface area contributed by atoms with Gasteiger partial charge in [0.1, 0.15) is 5.69 Å². The van der Waals surface area contributed by atoms with Gasteiger partial charge in [-0.25, -0.2) is 4.98 Å². The number of aromatic nitrogens is 2. The zero-order valence-electron chi connectivity index (χ0n) is 14.1. The largest absolute Gasteiger partial charge is 0.369 e. The first-order chi connectivity index (χ1) is 12.1. The number of nitrogens with two attached hydrogens (primary N) is 1. The van der Waals surface area contributed by atoms with Gasteiger partial charge in [-0.1, -0.05) is 12.1 Å². The van der Waals surface area contributed by atoms with Crippen molar-refractivity contribution in [1.29, 1.82) is 0 Å². The summed E-state index contributed by atoms with van der Waals surface area (Å²) in [5.74, 6) is -0.378. The quantitative estimate of drug-likeness (QED) is 0.762. The molecule has 3 N–H and O–H groups in total. The van der Waals surface area contributed by atoms with Gasteiger partial charge in [0.15, 0.2) is 0 Å². The summed E-state index contributed by atoms with van der Waals surface area (Å²) in [4.78, 5) is 34.2. The fraction of sp³-hybridized carbons (Fsp3) is 0.444. The van der Waals surface area contributed by atoms with Gasteiger partial charge in [0.25, 0.3) is 5.91 Å². The van der Waals surface area contributed by atoms with Gasteiger partial charge in [-0.3, -0.25) is 14.6 Å². The number of fused-ring (bicyclic) bond motifs is 1. The van der Waals surface area contributed by atoms with Crippen LogP contribution in [0.4, 0.5) is 0 Å². The number of benzene rings is 1. The third-order valence-corrected chi connectivity index (χ3v) is 4.61. The SMILES string of the molecule is NC(=O)C1CCN(CCCNC(=O)c2cnc3ccccc3n2)CC1. The number of hydrogen-bond acceptors (Lipinski definition) is 5. The Kier molecular flexibility index (Phi) is 5.55. The van der Waals surface area contributed by atoms with E-state index in [0.717, 1.165) is 44.4 Å². The molecule has 0 spiro atoms. The van der Waals surface area contributed by atoms with Gasteiger partial charge in [0, 0.05) is 12.5 Å². The average Bonchev–Trinajstić information content (AvgIpc) is 2.65. The number of carbonyl (C=O) groups is 2. The van der Waals surface area contributed by atoms with E-state index in [0.29, 0.717) is 17.8 Å². The number of amides is 2. The van der Waals surface area contributed by atoms with Crippen molar-refractivity contribution in [3.05, 3.63) is 36.2 Å². The average molecular weight is 341 g/mol. The van der Waals surface area contributed by atoms with Crippen LogP contribution in [0.5, 0.6) is 0 Å². The Labute approximate surface area is 146 Å². The second-order valence-corrected chi connectivity index (χ2v) is 6.37. The van der Waals surface area contributed by atoms with Gasteiger partial charge in [-0.15, -0.1) is 0 Å². The molecule has 132 valence electrons. The van der Waals surface area contributed by atoms with Crippen LogP contribution in [0.25, 0.3) is 11.0 Å². The summed E-state index contributed by atoms with van der Waals surface area (Å²) in [6.45, 7) is 3.26. The number of nitrogens with zero attached hydrogens (tertiary/aromatic N) is 3. The summed E-state index contributed by atoms with van der Waals surface area (Å²) in [6.07, 6.45) is 4.02. The van der Waals surface area contributed by atoms with E-state index in [9.17, 15) is 9.59 Å². The van der Waals surface area contributed by atoms with Crippen molar-refractivity contribution in [2.45, 2.75) is 19.3 Å². The van der Waals surface area contributed by atoms with Crippen molar-refractivity contribution < 1.29 is 9.59 Å². The Bertz CT molecular complexity index is 756. The first kappa shape index (κ1) is 17.3. The number of primary amides is 1. The highest BCUT2D eigenvalue weighted by atomic mass is 16.2. The Balaban J connectivity index is 1.41. The molecule has 1 saturated heterocycles. The van der Waals surface area contributed by atoms with Gasteiger partial charge in [0.2, 0.25) is 5.91 Å². The van der Waals surface area contributed by atoms with Crippen molar-refractivity contribution in [2.24, 2.45) is 11.7 Å². The van der Waals surface area contributed by atoms with Crippen molar-refractivity contribution in [2.75, 3.05) is 26.2 Å². The topological polar surface area (TPSA) is 101 Å². The van der Waals surface area contributed by atoms with Crippen molar-refractivity contribution >= 4 is 22.8 Å². The molecule has 1 aromatic heterocycles. The van der Waals surface area contributed by atoms with Gasteiger partial charge in [-0.05, 0) is 51.0 Å². The molecule has 1 fully saturated rings. The first-order valence-electron chi connectivity index (χ1n) is 8.65. The van der Waals surface area contributed by atoms with E-state index in [2.05, 4.69) is 20.2 Å². The molecular weight excluding hydrogens is 318 g/mol. The van der Waals surface area contributed by atoms with Crippen LogP contribution in [0, 0.1) is 5.92 Å². The second kappa shape index (κ2) is 8.02. The fourth-order valence-corrected chi connectivity index (χ4v) is 3.10. The minimum Gasteiger partial charge on any atom is -0.369 e. The Morgan fingerprint density at radius 3 is 2.64 bits per heavy atom. The lowest BCUT2D eigenvalue weighted by atomic mass is 9.96. The summed E-state index contributed by atoms with van der Waals surface area (Å²) in [6, 6.07) is 7.48. The highest BCUT2D eigenvalue weighted by molar-refractivity contribution is 5.93. The summed E-state index contributed by atoms with van der Waals surface area (Å²) in [5, 5.41) is 2.89. The summed E-state index contributed by atoms with van der Waals surface area (Å²) >= 11 is 0. The van der Waals surface area contributed by atoms with Crippen LogP contribution in [-0.2, 0) is 4.79 Å². The van der Waals surface area contributed by atoms with Crippen LogP contribution in [0.3, 0.4) is 0 Å². The highest BCUT2D eigenvalue weighted by Gasteiger charge is 2.22. The molecule has 1 aliphatic rings. The minimum absolute atomic E-state index is 0.0161. The highest BCUT2D eigenvalue weighted by Crippen LogP contribution is 2.16. The van der Waals surface area contributed by atoms with Gasteiger partial charge < -0.3 is 16.0 Å². The molecule has 1 aromatic carbocycles. The molecule has 1 aliphatic heterocycles. The Morgan fingerprint density at radius 1 is 1.20 bits per heavy atom. The molecule has 2 amide bonds. The lowest BCUT2D eigenvalue weighted by molar-refractivity contribution is -0.123. The third kappa shape index (κ3) is 4.51. The van der Waals surface area contributed by atoms with E-state index in [-0.39, 0.29) is 17.7 Å². The van der Waals surface area contributed by atoms with E-state index in [4.69, 9.17) is 5.73 Å². The summed E-state index contributed by atoms with van der Waals surface area (Å²) in [5.41, 5.74) is 7.17. The van der Waals surface area contributed by atoms with Gasteiger partial charge in [-0.2, -0.15) is 0 Å². The number of hydrogen-bond donors (Lipinski definition) is 2. The van der Waals surface area contributed by atoms with E-state index in [1.54, 1.807) is 0 Å². The second-order valence-electron chi connectivity index (χ2n) is 6.37. The number of rotatable bonds is 6. The number of para-hydroxylation sites is 2. The molecule has 7 heteroatoms. The normalized spacial score (nSPS) is 16.0. The van der Waals surface area contributed by atoms with E-state index >= 15 is 0 Å². The molecule has 0 saturated carbocycles. The number of likely N-dealkylation sites (tertiary alicyclic amines) is 1. The fourth-order valence-electron chi connectivity index (χ4n) is 3.10. The zero-order valence-corrected chi connectivity index (χ0v) is 14.1. The van der Waals surface area contributed by atoms with Crippen LogP contribution in [0.15, 0.2) is 30.5 Å². The molecule has 3 rings (SSSR count). The van der Waals surface area contributed by atoms with Crippen LogP contribution in [0.1, 0.15) is 29.8 Å². The number of nitrogens with one attached hydrogen (secondary N) is 1. The van der Waals surface area contributed by atoms with E-state index in [1.807, 2.05) is 24.3 Å². The van der Waals surface area contributed by atoms with Gasteiger partial charge >= 0.3 is 0 Å². The zero-order chi connectivity index (χ0) is 17.6. The maximum absolute atomic E-state index is 12.2. The van der Waals surface area contributed by atoms with Crippen molar-refractivity contribution in [1.82, 2.24) is 20.2 Å². The predicted molar refractivity (Wildman–Crippen MR) is 94.8 cm³/mol. The lowest BCUT2D eigenvalue weighted by Crippen LogP contribution is -2.39. The Morgan fingerprint density at radius 2 is 1.92 bits per heavy atom. The maximum atomic E-state index is 12.2. The molecule has 2 aromatic rings. The first-order valence-corrected chi connectivity index (χ1v) is 8.65. The van der Waals surface area contributed by atoms with Crippen molar-refractivity contribution in [3.63, 3.8) is 0 Å². The molecule has 0 atom stereocenters. The molecule has 0 bridgehead atoms. The number of carbonyl (C=O) groups excluding carboxylic acids is 2. The maximum Gasteiger partial charge on any atom is 0.271 e. The molecule has 25 heavy (non-hydrogen) atoms. The van der Waals surface area contributed by atoms with Crippen LogP contribution in [-0.4, -0.2) is 52.9 Å². The molecule has 0 aliphatic carbocycles. The summed E-state index contributed by atoms with van der Waals surface area (Å²) in [7, 11) is 0. The van der Waals surface area contributed by atoms with Crippen molar-refractivity contribution in [3.8, 4) is 0 Å². The standard InChI is InChI=1S/C18H23N5O2/c19-17(24)13-6-10-23(11-7-13)9-3-8-20-18(25)16-12-21-14-4-1-2-5-15(14)22-16/h1-2,4-5,12-13H,3,6-11H2,(H2,19,24)(H,20,25). The molecule has 0 unspecified atom stereocenters. The summed E-state index contributed by atoms with van der Waals surface area (Å²) < 4.78 is 0. The molecular formula is C18H23N5O2. The smallest absolute Gasteiger partial charge is 0.271 e. The molecule has 2 heterocycles. The predicted octanol–water partition coefficient (Wildman–Crippen LogP) is 0.947. The van der Waals surface area contributed by atoms with E-state index in [1.165, 1.54) is 6.20 Å². The lowest BCUT2D eigenvalue weighted by Gasteiger charge is -2.30. The van der Waals surface area contributed by atoms with Crippen LogP contribution in [0.2, 0.25) is 0 Å². The number of piperidine rings is 1. The molecule has 7 nitrogen and oxygen atoms in total. The molecule has 0 radical (unpaired) electrons. The third-order valence-electron chi connectivity index (χ3n) is 4.61. The van der Waals surface area contributed by atoms with Crippen LogP contribution < -0.4 is 11.1 Å². The monoisotopic (exact) mass is 341 g/mol.